The number of hydrogen-bond donors (Lipinski definition) is 1. The minimum atomic E-state index is -0.455. The zero-order valence-electron chi connectivity index (χ0n) is 20.3. The van der Waals surface area contributed by atoms with Crippen molar-refractivity contribution in [3.63, 3.8) is 0 Å². The molecule has 1 N–H and O–H groups in total. The number of nitrogens with one attached hydrogen (secondary N) is 1. The van der Waals surface area contributed by atoms with Crippen LogP contribution in [-0.4, -0.2) is 47.2 Å². The van der Waals surface area contributed by atoms with E-state index < -0.39 is 6.09 Å². The van der Waals surface area contributed by atoms with Crippen LogP contribution >= 0.6 is 12.4 Å². The predicted octanol–water partition coefficient (Wildman–Crippen LogP) is 4.88. The van der Waals surface area contributed by atoms with Crippen LogP contribution in [0.1, 0.15) is 65.0 Å². The van der Waals surface area contributed by atoms with E-state index in [4.69, 9.17) is 4.74 Å². The third-order valence-corrected chi connectivity index (χ3v) is 6.26. The molecule has 0 unspecified atom stereocenters. The maximum Gasteiger partial charge on any atom is 0.407 e. The molecule has 2 atom stereocenters. The lowest BCUT2D eigenvalue weighted by atomic mass is 9.89. The van der Waals surface area contributed by atoms with Crippen molar-refractivity contribution in [1.29, 1.82) is 0 Å². The third-order valence-electron chi connectivity index (χ3n) is 6.26. The van der Waals surface area contributed by atoms with Gasteiger partial charge in [-0.15, -0.1) is 12.4 Å². The normalized spacial score (nSPS) is 19.8. The molecule has 2 aromatic rings. The highest BCUT2D eigenvalue weighted by atomic mass is 35.5. The SMILES string of the molecule is CC(=O)N1c2ccc(-c3cnc(N4CCCCC4)nc3)cc2[C@@H](NC(=O)OC(C)C)C[C@H]1C.Cl. The smallest absolute Gasteiger partial charge is 0.407 e. The summed E-state index contributed by atoms with van der Waals surface area (Å²) in [7, 11) is 0. The molecule has 2 amide bonds. The summed E-state index contributed by atoms with van der Waals surface area (Å²) in [6.07, 6.45) is 7.26. The van der Waals surface area contributed by atoms with Gasteiger partial charge in [0.2, 0.25) is 11.9 Å². The van der Waals surface area contributed by atoms with Gasteiger partial charge in [0, 0.05) is 49.7 Å². The molecule has 4 rings (SSSR count). The average Bonchev–Trinajstić information content (AvgIpc) is 2.79. The Morgan fingerprint density at radius 2 is 1.76 bits per heavy atom. The van der Waals surface area contributed by atoms with E-state index >= 15 is 0 Å². The van der Waals surface area contributed by atoms with Gasteiger partial charge in [-0.3, -0.25) is 4.79 Å². The summed E-state index contributed by atoms with van der Waals surface area (Å²) in [5, 5.41) is 2.99. The summed E-state index contributed by atoms with van der Waals surface area (Å²) in [6.45, 7) is 9.20. The number of hydrogen-bond acceptors (Lipinski definition) is 6. The molecule has 2 aliphatic heterocycles. The van der Waals surface area contributed by atoms with Crippen LogP contribution in [0.25, 0.3) is 11.1 Å². The van der Waals surface area contributed by atoms with Gasteiger partial charge in [-0.05, 0) is 69.7 Å². The van der Waals surface area contributed by atoms with E-state index in [-0.39, 0.29) is 36.5 Å². The second-order valence-electron chi connectivity index (χ2n) is 9.22. The first-order valence-electron chi connectivity index (χ1n) is 11.8. The van der Waals surface area contributed by atoms with Gasteiger partial charge in [-0.25, -0.2) is 14.8 Å². The van der Waals surface area contributed by atoms with Crippen LogP contribution in [0.2, 0.25) is 0 Å². The van der Waals surface area contributed by atoms with Gasteiger partial charge in [0.25, 0.3) is 0 Å². The van der Waals surface area contributed by atoms with Crippen molar-refractivity contribution in [3.8, 4) is 11.1 Å². The van der Waals surface area contributed by atoms with Crippen molar-refractivity contribution >= 4 is 36.0 Å². The largest absolute Gasteiger partial charge is 0.447 e. The second-order valence-corrected chi connectivity index (χ2v) is 9.22. The number of aromatic nitrogens is 2. The molecule has 3 heterocycles. The summed E-state index contributed by atoms with van der Waals surface area (Å²) in [5.41, 5.74) is 3.54. The molecule has 1 fully saturated rings. The van der Waals surface area contributed by atoms with Crippen molar-refractivity contribution in [3.05, 3.63) is 36.2 Å². The van der Waals surface area contributed by atoms with Gasteiger partial charge in [-0.2, -0.15) is 0 Å². The first kappa shape index (κ1) is 25.7. The van der Waals surface area contributed by atoms with Crippen molar-refractivity contribution in [2.75, 3.05) is 22.9 Å². The molecule has 1 aromatic heterocycles. The number of fused-ring (bicyclic) bond motifs is 1. The number of carbonyl (C=O) groups excluding carboxylic acids is 2. The molecule has 8 nitrogen and oxygen atoms in total. The highest BCUT2D eigenvalue weighted by Crippen LogP contribution is 2.39. The lowest BCUT2D eigenvalue weighted by molar-refractivity contribution is -0.117. The van der Waals surface area contributed by atoms with Gasteiger partial charge >= 0.3 is 6.09 Å². The molecule has 9 heteroatoms. The monoisotopic (exact) mass is 487 g/mol. The Balaban J connectivity index is 0.00000324. The van der Waals surface area contributed by atoms with Crippen molar-refractivity contribution in [2.24, 2.45) is 0 Å². The number of alkyl carbamates (subject to hydrolysis) is 1. The highest BCUT2D eigenvalue weighted by molar-refractivity contribution is 5.94. The number of nitrogens with zero attached hydrogens (tertiary/aromatic N) is 4. The predicted molar refractivity (Wildman–Crippen MR) is 136 cm³/mol. The Kier molecular flexibility index (Phi) is 8.36. The fourth-order valence-corrected chi connectivity index (χ4v) is 4.78. The fourth-order valence-electron chi connectivity index (χ4n) is 4.78. The highest BCUT2D eigenvalue weighted by Gasteiger charge is 2.34. The van der Waals surface area contributed by atoms with Crippen LogP contribution in [0.5, 0.6) is 0 Å². The van der Waals surface area contributed by atoms with Crippen LogP contribution in [0.15, 0.2) is 30.6 Å². The van der Waals surface area contributed by atoms with E-state index in [9.17, 15) is 9.59 Å². The molecule has 34 heavy (non-hydrogen) atoms. The van der Waals surface area contributed by atoms with E-state index in [0.29, 0.717) is 6.42 Å². The number of amides is 2. The summed E-state index contributed by atoms with van der Waals surface area (Å²) in [5.74, 6) is 0.748. The van der Waals surface area contributed by atoms with Gasteiger partial charge in [0.15, 0.2) is 0 Å². The minimum Gasteiger partial charge on any atom is -0.447 e. The molecule has 0 spiro atoms. The van der Waals surface area contributed by atoms with Crippen molar-refractivity contribution in [2.45, 2.75) is 71.6 Å². The van der Waals surface area contributed by atoms with E-state index in [1.54, 1.807) is 11.8 Å². The molecular weight excluding hydrogens is 454 g/mol. The van der Waals surface area contributed by atoms with Crippen LogP contribution in [0.4, 0.5) is 16.4 Å². The number of anilines is 2. The number of rotatable bonds is 4. The van der Waals surface area contributed by atoms with Crippen molar-refractivity contribution < 1.29 is 14.3 Å². The molecular formula is C25H34ClN5O3. The standard InChI is InChI=1S/C25H33N5O3.ClH/c1-16(2)33-25(32)28-22-12-17(3)30(18(4)31)23-9-8-19(13-21(22)23)20-14-26-24(27-15-20)29-10-6-5-7-11-29;/h8-9,13-17,22H,5-7,10-12H2,1-4H3,(H,28,32);1H/t17-,22+;/m1./s1. The van der Waals surface area contributed by atoms with Crippen LogP contribution in [0, 0.1) is 0 Å². The van der Waals surface area contributed by atoms with Gasteiger partial charge in [0.05, 0.1) is 12.1 Å². The Morgan fingerprint density at radius 1 is 1.09 bits per heavy atom. The number of ether oxygens (including phenoxy) is 1. The number of benzene rings is 1. The van der Waals surface area contributed by atoms with E-state index in [1.807, 2.05) is 51.4 Å². The first-order chi connectivity index (χ1) is 15.8. The summed E-state index contributed by atoms with van der Waals surface area (Å²) in [6, 6.07) is 5.65. The fraction of sp³-hybridized carbons (Fsp3) is 0.520. The van der Waals surface area contributed by atoms with Crippen molar-refractivity contribution in [1.82, 2.24) is 15.3 Å². The molecule has 2 aliphatic rings. The van der Waals surface area contributed by atoms with Crippen LogP contribution in [0.3, 0.4) is 0 Å². The number of carbonyl (C=O) groups is 2. The van der Waals surface area contributed by atoms with E-state index in [0.717, 1.165) is 41.4 Å². The Morgan fingerprint density at radius 3 is 2.38 bits per heavy atom. The minimum absolute atomic E-state index is 0. The molecule has 1 saturated heterocycles. The van der Waals surface area contributed by atoms with Gasteiger partial charge < -0.3 is 19.9 Å². The average molecular weight is 488 g/mol. The summed E-state index contributed by atoms with van der Waals surface area (Å²) >= 11 is 0. The Bertz CT molecular complexity index is 1010. The van der Waals surface area contributed by atoms with E-state index in [2.05, 4.69) is 20.2 Å². The molecule has 0 aliphatic carbocycles. The molecule has 1 aromatic carbocycles. The molecule has 184 valence electrons. The lowest BCUT2D eigenvalue weighted by Gasteiger charge is -2.39. The zero-order chi connectivity index (χ0) is 23.5. The molecule has 0 bridgehead atoms. The quantitative estimate of drug-likeness (QED) is 0.661. The summed E-state index contributed by atoms with van der Waals surface area (Å²) < 4.78 is 5.31. The van der Waals surface area contributed by atoms with Gasteiger partial charge in [0.1, 0.15) is 0 Å². The third kappa shape index (κ3) is 5.60. The maximum absolute atomic E-state index is 12.4. The zero-order valence-corrected chi connectivity index (χ0v) is 21.1. The Hall–Kier alpha value is -2.87. The van der Waals surface area contributed by atoms with E-state index in [1.165, 1.54) is 19.3 Å². The summed E-state index contributed by atoms with van der Waals surface area (Å²) in [4.78, 5) is 38.0. The molecule has 0 radical (unpaired) electrons. The topological polar surface area (TPSA) is 87.7 Å². The van der Waals surface area contributed by atoms with Gasteiger partial charge in [-0.1, -0.05) is 6.07 Å². The molecule has 0 saturated carbocycles. The number of halogens is 1. The van der Waals surface area contributed by atoms with Crippen LogP contribution in [-0.2, 0) is 9.53 Å². The first-order valence-corrected chi connectivity index (χ1v) is 11.8. The maximum atomic E-state index is 12.4. The number of piperidine rings is 1. The Labute approximate surface area is 207 Å². The second kappa shape index (κ2) is 11.0. The lowest BCUT2D eigenvalue weighted by Crippen LogP contribution is -2.45. The van der Waals surface area contributed by atoms with Crippen LogP contribution < -0.4 is 15.1 Å².